The lowest BCUT2D eigenvalue weighted by Gasteiger charge is -2.09. The Morgan fingerprint density at radius 1 is 1.25 bits per heavy atom. The van der Waals surface area contributed by atoms with Crippen molar-refractivity contribution in [3.63, 3.8) is 0 Å². The van der Waals surface area contributed by atoms with Crippen molar-refractivity contribution in [3.8, 4) is 0 Å². The van der Waals surface area contributed by atoms with Gasteiger partial charge >= 0.3 is 5.97 Å². The number of benzene rings is 1. The molecule has 0 bridgehead atoms. The zero-order valence-corrected chi connectivity index (χ0v) is 10.2. The van der Waals surface area contributed by atoms with Gasteiger partial charge in [0.15, 0.2) is 11.6 Å². The fraction of sp³-hybridized carbons (Fsp3) is 0.0769. The first-order chi connectivity index (χ1) is 9.38. The van der Waals surface area contributed by atoms with Gasteiger partial charge in [0.1, 0.15) is 11.6 Å². The van der Waals surface area contributed by atoms with Crippen LogP contribution in [0.1, 0.15) is 16.1 Å². The predicted molar refractivity (Wildman–Crippen MR) is 65.5 cm³/mol. The van der Waals surface area contributed by atoms with Crippen LogP contribution in [0.25, 0.3) is 0 Å². The third-order valence-electron chi connectivity index (χ3n) is 2.57. The Morgan fingerprint density at radius 2 is 1.95 bits per heavy atom. The number of nitrogens with zero attached hydrogens (tertiary/aromatic N) is 1. The number of carboxylic acid groups (broad SMARTS) is 1. The fourth-order valence-electron chi connectivity index (χ4n) is 1.64. The van der Waals surface area contributed by atoms with Crippen LogP contribution in [0, 0.1) is 24.4 Å². The molecule has 4 nitrogen and oxygen atoms in total. The van der Waals surface area contributed by atoms with E-state index in [9.17, 15) is 18.0 Å². The smallest absolute Gasteiger partial charge is 0.337 e. The Labute approximate surface area is 111 Å². The highest BCUT2D eigenvalue weighted by Gasteiger charge is 2.13. The van der Waals surface area contributed by atoms with Crippen LogP contribution in [-0.4, -0.2) is 16.1 Å². The Morgan fingerprint density at radius 3 is 2.55 bits per heavy atom. The molecule has 2 aromatic rings. The number of anilines is 2. The van der Waals surface area contributed by atoms with Crippen molar-refractivity contribution in [2.75, 3.05) is 5.32 Å². The van der Waals surface area contributed by atoms with Crippen LogP contribution < -0.4 is 5.32 Å². The minimum absolute atomic E-state index is 0.0126. The minimum Gasteiger partial charge on any atom is -0.478 e. The summed E-state index contributed by atoms with van der Waals surface area (Å²) < 4.78 is 39.5. The van der Waals surface area contributed by atoms with Crippen molar-refractivity contribution in [2.45, 2.75) is 6.92 Å². The van der Waals surface area contributed by atoms with Crippen molar-refractivity contribution in [1.82, 2.24) is 4.98 Å². The maximum absolute atomic E-state index is 13.4. The van der Waals surface area contributed by atoms with Gasteiger partial charge in [0.2, 0.25) is 0 Å². The molecule has 0 amide bonds. The molecule has 0 aliphatic rings. The molecule has 0 saturated heterocycles. The second-order valence-electron chi connectivity index (χ2n) is 4.01. The number of pyridine rings is 1. The van der Waals surface area contributed by atoms with Gasteiger partial charge in [-0.3, -0.25) is 0 Å². The summed E-state index contributed by atoms with van der Waals surface area (Å²) in [6, 6.07) is 3.74. The molecule has 1 heterocycles. The highest BCUT2D eigenvalue weighted by atomic mass is 19.2. The Hall–Kier alpha value is -2.57. The fourth-order valence-corrected chi connectivity index (χ4v) is 1.64. The first-order valence-electron chi connectivity index (χ1n) is 5.51. The van der Waals surface area contributed by atoms with Crippen LogP contribution in [-0.2, 0) is 0 Å². The van der Waals surface area contributed by atoms with Crippen LogP contribution in [0.2, 0.25) is 0 Å². The molecule has 104 valence electrons. The summed E-state index contributed by atoms with van der Waals surface area (Å²) in [7, 11) is 0. The average molecular weight is 282 g/mol. The molecule has 1 aromatic heterocycles. The number of carbonyl (C=O) groups is 1. The summed E-state index contributed by atoms with van der Waals surface area (Å²) in [6.45, 7) is 1.46. The number of nitrogens with one attached hydrogen (secondary N) is 1. The Kier molecular flexibility index (Phi) is 3.60. The van der Waals surface area contributed by atoms with E-state index in [1.54, 1.807) is 0 Å². The van der Waals surface area contributed by atoms with E-state index in [0.29, 0.717) is 6.07 Å². The Balaban J connectivity index is 2.36. The molecule has 0 aliphatic heterocycles. The first-order valence-corrected chi connectivity index (χ1v) is 5.51. The average Bonchev–Trinajstić information content (AvgIpc) is 2.35. The topological polar surface area (TPSA) is 62.2 Å². The molecule has 2 rings (SSSR count). The second kappa shape index (κ2) is 5.20. The summed E-state index contributed by atoms with van der Waals surface area (Å²) in [5.74, 6) is -4.58. The standard InChI is InChI=1S/C13H9F3N2O2/c1-6-8(13(19)20)2-3-11(17-6)18-10-5-7(14)4-9(15)12(10)16/h2-5H,1H3,(H,17,18)(H,19,20). The highest BCUT2D eigenvalue weighted by molar-refractivity contribution is 5.89. The lowest BCUT2D eigenvalue weighted by molar-refractivity contribution is 0.0695. The Bertz CT molecular complexity index is 690. The minimum atomic E-state index is -1.33. The van der Waals surface area contributed by atoms with Crippen molar-refractivity contribution >= 4 is 17.5 Å². The van der Waals surface area contributed by atoms with Gasteiger partial charge < -0.3 is 10.4 Å². The van der Waals surface area contributed by atoms with Gasteiger partial charge in [-0.15, -0.1) is 0 Å². The molecule has 0 aliphatic carbocycles. The molecular formula is C13H9F3N2O2. The van der Waals surface area contributed by atoms with E-state index in [1.165, 1.54) is 19.1 Å². The lowest BCUT2D eigenvalue weighted by atomic mass is 10.2. The molecule has 7 heteroatoms. The second-order valence-corrected chi connectivity index (χ2v) is 4.01. The highest BCUT2D eigenvalue weighted by Crippen LogP contribution is 2.23. The van der Waals surface area contributed by atoms with Crippen molar-refractivity contribution in [1.29, 1.82) is 0 Å². The number of hydrogen-bond donors (Lipinski definition) is 2. The summed E-state index contributed by atoms with van der Waals surface area (Å²) in [5.41, 5.74) is -0.237. The molecule has 2 N–H and O–H groups in total. The third-order valence-corrected chi connectivity index (χ3v) is 2.57. The number of aromatic carboxylic acids is 1. The van der Waals surface area contributed by atoms with E-state index in [2.05, 4.69) is 10.3 Å². The maximum atomic E-state index is 13.4. The van der Waals surface area contributed by atoms with E-state index in [-0.39, 0.29) is 17.1 Å². The van der Waals surface area contributed by atoms with Crippen LogP contribution in [0.3, 0.4) is 0 Å². The van der Waals surface area contributed by atoms with Crippen LogP contribution in [0.5, 0.6) is 0 Å². The number of aryl methyl sites for hydroxylation is 1. The summed E-state index contributed by atoms with van der Waals surface area (Å²) in [4.78, 5) is 14.7. The zero-order chi connectivity index (χ0) is 14.9. The first kappa shape index (κ1) is 13.9. The van der Waals surface area contributed by atoms with Gasteiger partial charge in [-0.05, 0) is 19.1 Å². The summed E-state index contributed by atoms with van der Waals surface area (Å²) in [6.07, 6.45) is 0. The van der Waals surface area contributed by atoms with E-state index in [4.69, 9.17) is 5.11 Å². The SMILES string of the molecule is Cc1nc(Nc2cc(F)cc(F)c2F)ccc1C(=O)O. The summed E-state index contributed by atoms with van der Waals surface area (Å²) >= 11 is 0. The molecule has 0 radical (unpaired) electrons. The lowest BCUT2D eigenvalue weighted by Crippen LogP contribution is -2.05. The molecule has 20 heavy (non-hydrogen) atoms. The molecular weight excluding hydrogens is 273 g/mol. The molecule has 0 fully saturated rings. The quantitative estimate of drug-likeness (QED) is 0.848. The number of carboxylic acids is 1. The van der Waals surface area contributed by atoms with Crippen LogP contribution >= 0.6 is 0 Å². The number of rotatable bonds is 3. The molecule has 0 atom stereocenters. The van der Waals surface area contributed by atoms with Gasteiger partial charge in [-0.1, -0.05) is 0 Å². The molecule has 0 saturated carbocycles. The van der Waals surface area contributed by atoms with E-state index >= 15 is 0 Å². The van der Waals surface area contributed by atoms with Gasteiger partial charge in [0.25, 0.3) is 0 Å². The van der Waals surface area contributed by atoms with E-state index < -0.39 is 29.1 Å². The van der Waals surface area contributed by atoms with Crippen molar-refractivity contribution in [3.05, 3.63) is 53.0 Å². The number of halogens is 3. The monoisotopic (exact) mass is 282 g/mol. The number of aromatic nitrogens is 1. The van der Waals surface area contributed by atoms with Gasteiger partial charge in [-0.2, -0.15) is 0 Å². The van der Waals surface area contributed by atoms with Gasteiger partial charge in [0.05, 0.1) is 16.9 Å². The van der Waals surface area contributed by atoms with Crippen molar-refractivity contribution in [2.24, 2.45) is 0 Å². The molecule has 0 spiro atoms. The van der Waals surface area contributed by atoms with Crippen molar-refractivity contribution < 1.29 is 23.1 Å². The maximum Gasteiger partial charge on any atom is 0.337 e. The zero-order valence-electron chi connectivity index (χ0n) is 10.2. The van der Waals surface area contributed by atoms with Gasteiger partial charge in [-0.25, -0.2) is 22.9 Å². The normalized spacial score (nSPS) is 10.4. The van der Waals surface area contributed by atoms with Crippen LogP contribution in [0.4, 0.5) is 24.7 Å². The van der Waals surface area contributed by atoms with Crippen LogP contribution in [0.15, 0.2) is 24.3 Å². The summed E-state index contributed by atoms with van der Waals surface area (Å²) in [5, 5.41) is 11.2. The van der Waals surface area contributed by atoms with E-state index in [0.717, 1.165) is 6.07 Å². The number of hydrogen-bond acceptors (Lipinski definition) is 3. The third kappa shape index (κ3) is 2.71. The molecule has 1 aromatic carbocycles. The largest absolute Gasteiger partial charge is 0.478 e. The predicted octanol–water partition coefficient (Wildman–Crippen LogP) is 3.25. The van der Waals surface area contributed by atoms with E-state index in [1.807, 2.05) is 0 Å². The molecule has 0 unspecified atom stereocenters. The van der Waals surface area contributed by atoms with Gasteiger partial charge in [0, 0.05) is 12.1 Å².